The van der Waals surface area contributed by atoms with E-state index in [9.17, 15) is 13.2 Å². The van der Waals surface area contributed by atoms with Crippen LogP contribution in [0, 0.1) is 0 Å². The van der Waals surface area contributed by atoms with E-state index in [1.165, 1.54) is 0 Å². The highest BCUT2D eigenvalue weighted by Crippen LogP contribution is 2.12. The molecule has 142 valence electrons. The van der Waals surface area contributed by atoms with Crippen LogP contribution in [-0.2, 0) is 26.8 Å². The smallest absolute Gasteiger partial charge is 0.220 e. The number of para-hydroxylation sites is 1. The van der Waals surface area contributed by atoms with Gasteiger partial charge in [0, 0.05) is 18.7 Å². The van der Waals surface area contributed by atoms with E-state index < -0.39 is 9.84 Å². The SMILES string of the molecule is Cl.Nc1ccccc1CCC(=O)NCCCS(=O)(=O)Cc1ccccc1. The van der Waals surface area contributed by atoms with Gasteiger partial charge in [-0.25, -0.2) is 8.42 Å². The van der Waals surface area contributed by atoms with Crippen LogP contribution in [-0.4, -0.2) is 26.6 Å². The molecule has 0 aromatic heterocycles. The molecular formula is C19H25ClN2O3S. The lowest BCUT2D eigenvalue weighted by atomic mass is 10.1. The molecule has 0 atom stereocenters. The molecule has 2 aromatic rings. The lowest BCUT2D eigenvalue weighted by Crippen LogP contribution is -2.26. The second-order valence-corrected chi connectivity index (χ2v) is 8.16. The number of nitrogens with one attached hydrogen (secondary N) is 1. The Bertz CT molecular complexity index is 795. The van der Waals surface area contributed by atoms with Crippen LogP contribution in [0.3, 0.4) is 0 Å². The molecule has 0 aliphatic rings. The predicted octanol–water partition coefficient (Wildman–Crippen LogP) is 2.74. The minimum Gasteiger partial charge on any atom is -0.399 e. The second kappa shape index (κ2) is 10.8. The van der Waals surface area contributed by atoms with E-state index >= 15 is 0 Å². The maximum Gasteiger partial charge on any atom is 0.220 e. The first-order valence-electron chi connectivity index (χ1n) is 8.31. The summed E-state index contributed by atoms with van der Waals surface area (Å²) in [6.45, 7) is 0.358. The molecular weight excluding hydrogens is 372 g/mol. The third kappa shape index (κ3) is 7.89. The maximum atomic E-state index is 12.1. The Balaban J connectivity index is 0.00000338. The normalized spacial score (nSPS) is 10.8. The van der Waals surface area contributed by atoms with Gasteiger partial charge in [0.1, 0.15) is 0 Å². The first-order chi connectivity index (χ1) is 12.0. The molecule has 0 aliphatic carbocycles. The standard InChI is InChI=1S/C19H24N2O3S.ClH/c20-18-10-5-4-9-17(18)11-12-19(22)21-13-6-14-25(23,24)15-16-7-2-1-3-8-16;/h1-5,7-10H,6,11-15,20H2,(H,21,22);1H. The van der Waals surface area contributed by atoms with Crippen molar-refractivity contribution in [3.8, 4) is 0 Å². The van der Waals surface area contributed by atoms with Gasteiger partial charge < -0.3 is 11.1 Å². The molecule has 2 rings (SSSR count). The van der Waals surface area contributed by atoms with Crippen LogP contribution >= 0.6 is 12.4 Å². The van der Waals surface area contributed by atoms with E-state index in [1.807, 2.05) is 42.5 Å². The average Bonchev–Trinajstić information content (AvgIpc) is 2.58. The molecule has 7 heteroatoms. The van der Waals surface area contributed by atoms with Gasteiger partial charge in [-0.1, -0.05) is 48.5 Å². The van der Waals surface area contributed by atoms with Gasteiger partial charge >= 0.3 is 0 Å². The Morgan fingerprint density at radius 3 is 2.35 bits per heavy atom. The molecule has 0 bridgehead atoms. The van der Waals surface area contributed by atoms with E-state index in [0.717, 1.165) is 11.1 Å². The second-order valence-electron chi connectivity index (χ2n) is 5.98. The fourth-order valence-corrected chi connectivity index (χ4v) is 3.95. The number of halogens is 1. The summed E-state index contributed by atoms with van der Waals surface area (Å²) in [6.07, 6.45) is 1.32. The number of rotatable bonds is 9. The van der Waals surface area contributed by atoms with Crippen LogP contribution in [0.1, 0.15) is 24.0 Å². The van der Waals surface area contributed by atoms with Crippen LogP contribution in [0.2, 0.25) is 0 Å². The van der Waals surface area contributed by atoms with Gasteiger partial charge in [0.25, 0.3) is 0 Å². The average molecular weight is 397 g/mol. The highest BCUT2D eigenvalue weighted by Gasteiger charge is 2.12. The molecule has 0 heterocycles. The lowest BCUT2D eigenvalue weighted by Gasteiger charge is -2.08. The van der Waals surface area contributed by atoms with Crippen molar-refractivity contribution >= 4 is 33.8 Å². The first-order valence-corrected chi connectivity index (χ1v) is 10.1. The molecule has 26 heavy (non-hydrogen) atoms. The Labute approximate surface area is 161 Å². The number of sulfone groups is 1. The Hall–Kier alpha value is -2.05. The zero-order chi connectivity index (χ0) is 18.1. The molecule has 5 nitrogen and oxygen atoms in total. The summed E-state index contributed by atoms with van der Waals surface area (Å²) in [6, 6.07) is 16.6. The Morgan fingerprint density at radius 1 is 1.00 bits per heavy atom. The number of hydrogen-bond acceptors (Lipinski definition) is 4. The molecule has 0 fully saturated rings. The van der Waals surface area contributed by atoms with Gasteiger partial charge in [-0.2, -0.15) is 0 Å². The van der Waals surface area contributed by atoms with Crippen molar-refractivity contribution in [2.45, 2.75) is 25.0 Å². The number of carbonyl (C=O) groups excluding carboxylic acids is 1. The van der Waals surface area contributed by atoms with Crippen molar-refractivity contribution in [1.82, 2.24) is 5.32 Å². The largest absolute Gasteiger partial charge is 0.399 e. The number of carbonyl (C=O) groups is 1. The molecule has 0 aliphatic heterocycles. The molecule has 2 aromatic carbocycles. The summed E-state index contributed by atoms with van der Waals surface area (Å²) in [5.41, 5.74) is 8.26. The topological polar surface area (TPSA) is 89.3 Å². The van der Waals surface area contributed by atoms with Gasteiger partial charge in [-0.05, 0) is 30.0 Å². The molecule has 0 saturated carbocycles. The number of benzene rings is 2. The fourth-order valence-electron chi connectivity index (χ4n) is 2.52. The summed E-state index contributed by atoms with van der Waals surface area (Å²) in [5, 5.41) is 2.76. The van der Waals surface area contributed by atoms with Crippen LogP contribution in [0.5, 0.6) is 0 Å². The minimum absolute atomic E-state index is 0. The van der Waals surface area contributed by atoms with Gasteiger partial charge in [0.15, 0.2) is 9.84 Å². The summed E-state index contributed by atoms with van der Waals surface area (Å²) in [5.74, 6) is 0.00629. The zero-order valence-electron chi connectivity index (χ0n) is 14.6. The van der Waals surface area contributed by atoms with Gasteiger partial charge in [-0.3, -0.25) is 4.79 Å². The Kier molecular flexibility index (Phi) is 9.16. The monoisotopic (exact) mass is 396 g/mol. The number of nitrogens with two attached hydrogens (primary N) is 1. The van der Waals surface area contributed by atoms with E-state index in [2.05, 4.69) is 5.32 Å². The highest BCUT2D eigenvalue weighted by atomic mass is 35.5. The van der Waals surface area contributed by atoms with Gasteiger partial charge in [-0.15, -0.1) is 12.4 Å². The maximum absolute atomic E-state index is 12.1. The molecule has 0 radical (unpaired) electrons. The number of amides is 1. The van der Waals surface area contributed by atoms with Crippen molar-refractivity contribution in [3.05, 3.63) is 65.7 Å². The third-order valence-electron chi connectivity index (χ3n) is 3.86. The van der Waals surface area contributed by atoms with Gasteiger partial charge in [0.2, 0.25) is 5.91 Å². The third-order valence-corrected chi connectivity index (χ3v) is 5.54. The lowest BCUT2D eigenvalue weighted by molar-refractivity contribution is -0.121. The fraction of sp³-hybridized carbons (Fsp3) is 0.316. The van der Waals surface area contributed by atoms with Gasteiger partial charge in [0.05, 0.1) is 11.5 Å². The van der Waals surface area contributed by atoms with Crippen molar-refractivity contribution in [3.63, 3.8) is 0 Å². The van der Waals surface area contributed by atoms with Crippen molar-refractivity contribution in [2.75, 3.05) is 18.0 Å². The highest BCUT2D eigenvalue weighted by molar-refractivity contribution is 7.90. The van der Waals surface area contributed by atoms with Crippen molar-refractivity contribution < 1.29 is 13.2 Å². The summed E-state index contributed by atoms with van der Waals surface area (Å²) < 4.78 is 24.1. The van der Waals surface area contributed by atoms with E-state index in [0.29, 0.717) is 31.5 Å². The van der Waals surface area contributed by atoms with E-state index in [-0.39, 0.29) is 29.8 Å². The zero-order valence-corrected chi connectivity index (χ0v) is 16.2. The first kappa shape index (κ1) is 22.0. The van der Waals surface area contributed by atoms with E-state index in [1.54, 1.807) is 12.1 Å². The molecule has 0 saturated heterocycles. The molecule has 3 N–H and O–H groups in total. The predicted molar refractivity (Wildman–Crippen MR) is 108 cm³/mol. The van der Waals surface area contributed by atoms with Crippen LogP contribution < -0.4 is 11.1 Å². The van der Waals surface area contributed by atoms with Crippen molar-refractivity contribution in [1.29, 1.82) is 0 Å². The number of anilines is 1. The minimum atomic E-state index is -3.16. The quantitative estimate of drug-likeness (QED) is 0.503. The number of hydrogen-bond donors (Lipinski definition) is 2. The summed E-state index contributed by atoms with van der Waals surface area (Å²) >= 11 is 0. The Morgan fingerprint density at radius 2 is 1.65 bits per heavy atom. The van der Waals surface area contributed by atoms with Crippen LogP contribution in [0.15, 0.2) is 54.6 Å². The molecule has 0 spiro atoms. The summed E-state index contributed by atoms with van der Waals surface area (Å²) in [7, 11) is -3.16. The number of aryl methyl sites for hydroxylation is 1. The molecule has 1 amide bonds. The van der Waals surface area contributed by atoms with Crippen molar-refractivity contribution in [2.24, 2.45) is 0 Å². The number of nitrogen functional groups attached to an aromatic ring is 1. The van der Waals surface area contributed by atoms with Crippen LogP contribution in [0.4, 0.5) is 5.69 Å². The van der Waals surface area contributed by atoms with Crippen LogP contribution in [0.25, 0.3) is 0 Å². The molecule has 0 unspecified atom stereocenters. The van der Waals surface area contributed by atoms with E-state index in [4.69, 9.17) is 5.73 Å². The summed E-state index contributed by atoms with van der Waals surface area (Å²) in [4.78, 5) is 11.8.